The van der Waals surface area contributed by atoms with Crippen molar-refractivity contribution in [1.82, 2.24) is 24.1 Å². The molecule has 0 spiro atoms. The van der Waals surface area contributed by atoms with E-state index in [1.165, 1.54) is 12.1 Å². The number of hydrogen-bond acceptors (Lipinski definition) is 6. The normalized spacial score (nSPS) is 15.8. The number of fused-ring (bicyclic) bond motifs is 1. The zero-order chi connectivity index (χ0) is 27.0. The summed E-state index contributed by atoms with van der Waals surface area (Å²) in [5.41, 5.74) is 3.18. The number of anilines is 1. The van der Waals surface area contributed by atoms with Crippen molar-refractivity contribution >= 4 is 26.9 Å². The number of benzene rings is 2. The molecule has 0 bridgehead atoms. The zero-order valence-electron chi connectivity index (χ0n) is 22.2. The molecule has 2 aromatic heterocycles. The van der Waals surface area contributed by atoms with Crippen LogP contribution in [0.25, 0.3) is 16.7 Å². The maximum absolute atomic E-state index is 13.6. The van der Waals surface area contributed by atoms with Gasteiger partial charge in [0, 0.05) is 32.1 Å². The summed E-state index contributed by atoms with van der Waals surface area (Å²) >= 11 is 0. The van der Waals surface area contributed by atoms with Gasteiger partial charge < -0.3 is 4.90 Å². The van der Waals surface area contributed by atoms with E-state index in [0.717, 1.165) is 46.8 Å². The fourth-order valence-electron chi connectivity index (χ4n) is 4.95. The molecular weight excluding hydrogens is 503 g/mol. The highest BCUT2D eigenvalue weighted by atomic mass is 32.2. The van der Waals surface area contributed by atoms with E-state index in [1.807, 2.05) is 26.0 Å². The number of sulfonamides is 1. The minimum Gasteiger partial charge on any atom is -0.353 e. The highest BCUT2D eigenvalue weighted by Gasteiger charge is 2.31. The van der Waals surface area contributed by atoms with Crippen LogP contribution in [0.15, 0.2) is 53.4 Å². The van der Waals surface area contributed by atoms with Crippen LogP contribution in [0.5, 0.6) is 0 Å². The van der Waals surface area contributed by atoms with E-state index < -0.39 is 10.0 Å². The van der Waals surface area contributed by atoms with E-state index in [4.69, 9.17) is 15.1 Å². The first kappa shape index (κ1) is 26.2. The predicted octanol–water partition coefficient (Wildman–Crippen LogP) is 4.99. The number of aromatic nitrogens is 4. The van der Waals surface area contributed by atoms with Gasteiger partial charge in [-0.2, -0.15) is 9.40 Å². The molecule has 0 N–H and O–H groups in total. The van der Waals surface area contributed by atoms with Crippen molar-refractivity contribution in [3.8, 4) is 5.69 Å². The van der Waals surface area contributed by atoms with Crippen LogP contribution in [-0.2, 0) is 10.0 Å². The maximum Gasteiger partial charge on any atom is 0.243 e. The van der Waals surface area contributed by atoms with Crippen molar-refractivity contribution in [2.75, 3.05) is 31.1 Å². The summed E-state index contributed by atoms with van der Waals surface area (Å²) in [4.78, 5) is 12.4. The molecule has 10 heteroatoms. The average Bonchev–Trinajstić information content (AvgIpc) is 3.25. The highest BCUT2D eigenvalue weighted by Crippen LogP contribution is 2.32. The predicted molar refractivity (Wildman–Crippen MR) is 147 cm³/mol. The van der Waals surface area contributed by atoms with Gasteiger partial charge in [0.25, 0.3) is 0 Å². The van der Waals surface area contributed by atoms with E-state index in [0.29, 0.717) is 36.7 Å². The van der Waals surface area contributed by atoms with Gasteiger partial charge in [-0.25, -0.2) is 27.5 Å². The number of piperazine rings is 1. The van der Waals surface area contributed by atoms with Gasteiger partial charge in [0.05, 0.1) is 21.7 Å². The molecule has 1 aliphatic rings. The van der Waals surface area contributed by atoms with Crippen LogP contribution < -0.4 is 4.90 Å². The third-order valence-electron chi connectivity index (χ3n) is 7.13. The molecule has 200 valence electrons. The van der Waals surface area contributed by atoms with Crippen LogP contribution in [0.2, 0.25) is 0 Å². The average molecular weight is 537 g/mol. The largest absolute Gasteiger partial charge is 0.353 e. The number of halogens is 1. The van der Waals surface area contributed by atoms with Crippen LogP contribution in [0.3, 0.4) is 0 Å². The summed E-state index contributed by atoms with van der Waals surface area (Å²) in [5, 5.41) is 5.58. The Bertz CT molecular complexity index is 1540. The molecule has 1 aliphatic heterocycles. The molecule has 38 heavy (non-hydrogen) atoms. The Hall–Kier alpha value is -3.37. The monoisotopic (exact) mass is 536 g/mol. The van der Waals surface area contributed by atoms with E-state index in [1.54, 1.807) is 33.3 Å². The first-order chi connectivity index (χ1) is 18.2. The molecule has 5 rings (SSSR count). The van der Waals surface area contributed by atoms with Gasteiger partial charge in [0.1, 0.15) is 17.5 Å². The standard InChI is InChI=1S/C28H33FN6O2S/c1-5-6-20(3)26-30-27(25-21(4)32-35(28(25)31-26)23-11-9-22(29)10-12-23)33-15-17-34(18-16-33)38(36,37)24-13-7-19(2)8-14-24/h7-14,20H,5-6,15-18H2,1-4H3. The SMILES string of the molecule is CCCC(C)c1nc(N2CCN(S(=O)(=O)c3ccc(C)cc3)CC2)c2c(C)nn(-c3ccc(F)cc3)c2n1. The molecule has 0 aliphatic carbocycles. The summed E-state index contributed by atoms with van der Waals surface area (Å²) in [6.45, 7) is 9.82. The molecule has 1 fully saturated rings. The molecule has 0 radical (unpaired) electrons. The first-order valence-corrected chi connectivity index (χ1v) is 14.5. The molecule has 0 saturated carbocycles. The van der Waals surface area contributed by atoms with Crippen LogP contribution in [0, 0.1) is 19.7 Å². The lowest BCUT2D eigenvalue weighted by atomic mass is 10.1. The molecule has 0 amide bonds. The smallest absolute Gasteiger partial charge is 0.243 e. The van der Waals surface area contributed by atoms with Gasteiger partial charge in [-0.15, -0.1) is 0 Å². The van der Waals surface area contributed by atoms with Gasteiger partial charge in [-0.1, -0.05) is 38.0 Å². The van der Waals surface area contributed by atoms with Crippen LogP contribution in [0.4, 0.5) is 10.2 Å². The molecule has 3 heterocycles. The molecule has 4 aromatic rings. The maximum atomic E-state index is 13.6. The second-order valence-corrected chi connectivity index (χ2v) is 11.9. The molecule has 2 aromatic carbocycles. The van der Waals surface area contributed by atoms with Gasteiger partial charge in [-0.05, 0) is 56.7 Å². The Balaban J connectivity index is 1.51. The number of nitrogens with zero attached hydrogens (tertiary/aromatic N) is 6. The lowest BCUT2D eigenvalue weighted by Crippen LogP contribution is -2.49. The van der Waals surface area contributed by atoms with E-state index in [2.05, 4.69) is 18.7 Å². The van der Waals surface area contributed by atoms with Crippen LogP contribution >= 0.6 is 0 Å². The fourth-order valence-corrected chi connectivity index (χ4v) is 6.37. The molecule has 1 atom stereocenters. The van der Waals surface area contributed by atoms with Gasteiger partial charge in [0.15, 0.2) is 5.65 Å². The van der Waals surface area contributed by atoms with Crippen molar-refractivity contribution in [3.63, 3.8) is 0 Å². The number of hydrogen-bond donors (Lipinski definition) is 0. The van der Waals surface area contributed by atoms with Gasteiger partial charge >= 0.3 is 0 Å². The minimum absolute atomic E-state index is 0.142. The summed E-state index contributed by atoms with van der Waals surface area (Å²) in [7, 11) is -3.57. The van der Waals surface area contributed by atoms with E-state index >= 15 is 0 Å². The Labute approximate surface area is 223 Å². The van der Waals surface area contributed by atoms with Crippen molar-refractivity contribution in [2.24, 2.45) is 0 Å². The Morgan fingerprint density at radius 2 is 1.61 bits per heavy atom. The highest BCUT2D eigenvalue weighted by molar-refractivity contribution is 7.89. The number of rotatable bonds is 7. The second-order valence-electron chi connectivity index (χ2n) is 9.97. The van der Waals surface area contributed by atoms with E-state index in [-0.39, 0.29) is 11.7 Å². The third kappa shape index (κ3) is 4.90. The molecular formula is C28H33FN6O2S. The lowest BCUT2D eigenvalue weighted by Gasteiger charge is -2.35. The Morgan fingerprint density at radius 1 is 0.947 bits per heavy atom. The first-order valence-electron chi connectivity index (χ1n) is 13.0. The molecule has 8 nitrogen and oxygen atoms in total. The van der Waals surface area contributed by atoms with Crippen molar-refractivity contribution in [3.05, 3.63) is 71.4 Å². The number of aryl methyl sites for hydroxylation is 2. The summed E-state index contributed by atoms with van der Waals surface area (Å²) in [6.07, 6.45) is 1.95. The van der Waals surface area contributed by atoms with Crippen molar-refractivity contribution in [2.45, 2.75) is 51.3 Å². The van der Waals surface area contributed by atoms with Gasteiger partial charge in [0.2, 0.25) is 10.0 Å². The summed E-state index contributed by atoms with van der Waals surface area (Å²) in [5.74, 6) is 1.33. The van der Waals surface area contributed by atoms with E-state index in [9.17, 15) is 12.8 Å². The van der Waals surface area contributed by atoms with Crippen LogP contribution in [0.1, 0.15) is 49.7 Å². The summed E-state index contributed by atoms with van der Waals surface area (Å²) < 4.78 is 43.4. The summed E-state index contributed by atoms with van der Waals surface area (Å²) in [6, 6.07) is 13.2. The zero-order valence-corrected chi connectivity index (χ0v) is 23.0. The lowest BCUT2D eigenvalue weighted by molar-refractivity contribution is 0.384. The Kier molecular flexibility index (Phi) is 7.19. The molecule has 1 unspecified atom stereocenters. The quantitative estimate of drug-likeness (QED) is 0.331. The van der Waals surface area contributed by atoms with Gasteiger partial charge in [-0.3, -0.25) is 0 Å². The van der Waals surface area contributed by atoms with Crippen LogP contribution in [-0.4, -0.2) is 58.7 Å². The van der Waals surface area contributed by atoms with Crippen molar-refractivity contribution in [1.29, 1.82) is 0 Å². The molecule has 1 saturated heterocycles. The topological polar surface area (TPSA) is 84.2 Å². The Morgan fingerprint density at radius 3 is 2.24 bits per heavy atom. The third-order valence-corrected chi connectivity index (χ3v) is 9.04. The second kappa shape index (κ2) is 10.4. The van der Waals surface area contributed by atoms with Crippen molar-refractivity contribution < 1.29 is 12.8 Å². The fraction of sp³-hybridized carbons (Fsp3) is 0.393. The minimum atomic E-state index is -3.57.